The van der Waals surface area contributed by atoms with Crippen molar-refractivity contribution in [2.75, 3.05) is 18.5 Å². The van der Waals surface area contributed by atoms with E-state index in [4.69, 9.17) is 10.7 Å². The van der Waals surface area contributed by atoms with E-state index in [1.54, 1.807) is 11.3 Å². The van der Waals surface area contributed by atoms with Crippen molar-refractivity contribution in [2.45, 2.75) is 39.2 Å². The molecule has 2 heterocycles. The van der Waals surface area contributed by atoms with Gasteiger partial charge in [0.2, 0.25) is 0 Å². The standard InChI is InChI=1S/C16H24N4S/c1-16(2,3)14-13(11-17)21-15(19-14)20(4)10-8-12-7-5-6-9-18-12/h5-7,9H,8,10-11,17H2,1-4H3. The first-order valence-corrected chi connectivity index (χ1v) is 8.04. The Bertz CT molecular complexity index is 572. The molecule has 0 amide bonds. The summed E-state index contributed by atoms with van der Waals surface area (Å²) in [5.74, 6) is 0. The minimum absolute atomic E-state index is 0.0330. The number of rotatable bonds is 5. The second kappa shape index (κ2) is 6.54. The van der Waals surface area contributed by atoms with Gasteiger partial charge in [0.15, 0.2) is 5.13 Å². The average molecular weight is 304 g/mol. The van der Waals surface area contributed by atoms with Gasteiger partial charge in [0.05, 0.1) is 5.69 Å². The van der Waals surface area contributed by atoms with Crippen LogP contribution in [-0.2, 0) is 18.4 Å². The Kier molecular flexibility index (Phi) is 4.96. The molecule has 21 heavy (non-hydrogen) atoms. The molecular weight excluding hydrogens is 280 g/mol. The fraction of sp³-hybridized carbons (Fsp3) is 0.500. The van der Waals surface area contributed by atoms with Gasteiger partial charge in [-0.25, -0.2) is 4.98 Å². The van der Waals surface area contributed by atoms with Gasteiger partial charge in [0, 0.05) is 48.7 Å². The fourth-order valence-electron chi connectivity index (χ4n) is 2.15. The summed E-state index contributed by atoms with van der Waals surface area (Å²) in [4.78, 5) is 12.5. The molecule has 2 N–H and O–H groups in total. The Hall–Kier alpha value is -1.46. The molecule has 0 bridgehead atoms. The number of anilines is 1. The number of thiazole rings is 1. The summed E-state index contributed by atoms with van der Waals surface area (Å²) in [6.07, 6.45) is 2.75. The third-order valence-corrected chi connectivity index (χ3v) is 4.53. The Morgan fingerprint density at radius 2 is 2.05 bits per heavy atom. The summed E-state index contributed by atoms with van der Waals surface area (Å²) in [5.41, 5.74) is 8.13. The predicted octanol–water partition coefficient (Wildman–Crippen LogP) is 2.97. The number of aromatic nitrogens is 2. The Morgan fingerprint density at radius 3 is 2.57 bits per heavy atom. The molecule has 114 valence electrons. The van der Waals surface area contributed by atoms with Crippen molar-refractivity contribution in [3.8, 4) is 0 Å². The number of hydrogen-bond acceptors (Lipinski definition) is 5. The lowest BCUT2D eigenvalue weighted by Crippen LogP contribution is -2.21. The topological polar surface area (TPSA) is 55.0 Å². The molecule has 2 aromatic rings. The summed E-state index contributed by atoms with van der Waals surface area (Å²) in [6.45, 7) is 7.99. The molecule has 0 aromatic carbocycles. The van der Waals surface area contributed by atoms with E-state index >= 15 is 0 Å². The van der Waals surface area contributed by atoms with Crippen molar-refractivity contribution in [1.29, 1.82) is 0 Å². The fourth-order valence-corrected chi connectivity index (χ4v) is 3.29. The summed E-state index contributed by atoms with van der Waals surface area (Å²) in [7, 11) is 2.08. The van der Waals surface area contributed by atoms with E-state index in [-0.39, 0.29) is 5.41 Å². The number of pyridine rings is 1. The third-order valence-electron chi connectivity index (χ3n) is 3.34. The Balaban J connectivity index is 2.09. The normalized spacial score (nSPS) is 11.7. The molecule has 0 radical (unpaired) electrons. The molecule has 0 aliphatic carbocycles. The summed E-state index contributed by atoms with van der Waals surface area (Å²) in [5, 5.41) is 1.04. The van der Waals surface area contributed by atoms with E-state index in [0.29, 0.717) is 6.54 Å². The van der Waals surface area contributed by atoms with Crippen LogP contribution >= 0.6 is 11.3 Å². The molecule has 0 saturated carbocycles. The molecular formula is C16H24N4S. The maximum absolute atomic E-state index is 5.87. The second-order valence-electron chi connectivity index (χ2n) is 6.21. The van der Waals surface area contributed by atoms with Crippen LogP contribution in [0.2, 0.25) is 0 Å². The Morgan fingerprint density at radius 1 is 1.29 bits per heavy atom. The smallest absolute Gasteiger partial charge is 0.185 e. The van der Waals surface area contributed by atoms with E-state index in [1.807, 2.05) is 18.3 Å². The van der Waals surface area contributed by atoms with Gasteiger partial charge in [-0.15, -0.1) is 11.3 Å². The maximum atomic E-state index is 5.87. The van der Waals surface area contributed by atoms with Crippen LogP contribution in [0.3, 0.4) is 0 Å². The van der Waals surface area contributed by atoms with Gasteiger partial charge in [-0.1, -0.05) is 26.8 Å². The predicted molar refractivity (Wildman–Crippen MR) is 89.9 cm³/mol. The van der Waals surface area contributed by atoms with Crippen LogP contribution in [0.5, 0.6) is 0 Å². The van der Waals surface area contributed by atoms with Crippen LogP contribution in [0.1, 0.15) is 37.0 Å². The zero-order valence-corrected chi connectivity index (χ0v) is 14.1. The van der Waals surface area contributed by atoms with E-state index in [0.717, 1.165) is 29.5 Å². The summed E-state index contributed by atoms with van der Waals surface area (Å²) in [6, 6.07) is 6.02. The summed E-state index contributed by atoms with van der Waals surface area (Å²) < 4.78 is 0. The molecule has 0 unspecified atom stereocenters. The number of hydrogen-bond donors (Lipinski definition) is 1. The largest absolute Gasteiger partial charge is 0.351 e. The van der Waals surface area contributed by atoms with Crippen LogP contribution in [0.4, 0.5) is 5.13 Å². The van der Waals surface area contributed by atoms with Gasteiger partial charge < -0.3 is 10.6 Å². The second-order valence-corrected chi connectivity index (χ2v) is 7.28. The Labute approximate surface area is 131 Å². The van der Waals surface area contributed by atoms with Crippen molar-refractivity contribution >= 4 is 16.5 Å². The molecule has 0 spiro atoms. The highest BCUT2D eigenvalue weighted by atomic mass is 32.1. The van der Waals surface area contributed by atoms with Crippen molar-refractivity contribution in [2.24, 2.45) is 5.73 Å². The highest BCUT2D eigenvalue weighted by molar-refractivity contribution is 7.15. The van der Waals surface area contributed by atoms with Gasteiger partial charge in [-0.05, 0) is 12.1 Å². The van der Waals surface area contributed by atoms with Crippen LogP contribution in [0, 0.1) is 0 Å². The van der Waals surface area contributed by atoms with E-state index in [9.17, 15) is 0 Å². The lowest BCUT2D eigenvalue weighted by molar-refractivity contribution is 0.566. The average Bonchev–Trinajstić information content (AvgIpc) is 2.90. The van der Waals surface area contributed by atoms with Crippen LogP contribution in [0.25, 0.3) is 0 Å². The van der Waals surface area contributed by atoms with Gasteiger partial charge in [-0.3, -0.25) is 4.98 Å². The highest BCUT2D eigenvalue weighted by Gasteiger charge is 2.23. The summed E-state index contributed by atoms with van der Waals surface area (Å²) >= 11 is 1.70. The lowest BCUT2D eigenvalue weighted by Gasteiger charge is -2.18. The molecule has 0 aliphatic heterocycles. The van der Waals surface area contributed by atoms with Gasteiger partial charge >= 0.3 is 0 Å². The monoisotopic (exact) mass is 304 g/mol. The molecule has 5 heteroatoms. The molecule has 0 fully saturated rings. The molecule has 0 aliphatic rings. The first-order valence-electron chi connectivity index (χ1n) is 7.23. The van der Waals surface area contributed by atoms with Gasteiger partial charge in [0.25, 0.3) is 0 Å². The lowest BCUT2D eigenvalue weighted by atomic mass is 9.91. The molecule has 4 nitrogen and oxygen atoms in total. The molecule has 2 aromatic heterocycles. The number of likely N-dealkylation sites (N-methyl/N-ethyl adjacent to an activating group) is 1. The van der Waals surface area contributed by atoms with E-state index in [1.165, 1.54) is 4.88 Å². The zero-order valence-electron chi connectivity index (χ0n) is 13.3. The van der Waals surface area contributed by atoms with Crippen LogP contribution in [-0.4, -0.2) is 23.6 Å². The number of nitrogens with two attached hydrogens (primary N) is 1. The third kappa shape index (κ3) is 4.02. The first-order chi connectivity index (χ1) is 9.91. The van der Waals surface area contributed by atoms with Crippen molar-refractivity contribution in [3.63, 3.8) is 0 Å². The molecule has 0 atom stereocenters. The minimum atomic E-state index is 0.0330. The molecule has 0 saturated heterocycles. The zero-order chi connectivity index (χ0) is 15.5. The van der Waals surface area contributed by atoms with Gasteiger partial charge in [0.1, 0.15) is 0 Å². The number of nitrogens with zero attached hydrogens (tertiary/aromatic N) is 3. The highest BCUT2D eigenvalue weighted by Crippen LogP contribution is 2.33. The van der Waals surface area contributed by atoms with Gasteiger partial charge in [-0.2, -0.15) is 0 Å². The van der Waals surface area contributed by atoms with E-state index < -0.39 is 0 Å². The quantitative estimate of drug-likeness (QED) is 0.922. The molecule has 2 rings (SSSR count). The maximum Gasteiger partial charge on any atom is 0.185 e. The van der Waals surface area contributed by atoms with E-state index in [2.05, 4.69) is 43.8 Å². The van der Waals surface area contributed by atoms with Crippen molar-refractivity contribution in [1.82, 2.24) is 9.97 Å². The minimum Gasteiger partial charge on any atom is -0.351 e. The van der Waals surface area contributed by atoms with Crippen LogP contribution < -0.4 is 10.6 Å². The van der Waals surface area contributed by atoms with Crippen LogP contribution in [0.15, 0.2) is 24.4 Å². The first kappa shape index (κ1) is 15.9. The van der Waals surface area contributed by atoms with Crippen molar-refractivity contribution < 1.29 is 0 Å². The van der Waals surface area contributed by atoms with Crippen molar-refractivity contribution in [3.05, 3.63) is 40.7 Å². The SMILES string of the molecule is CN(CCc1ccccn1)c1nc(C(C)(C)C)c(CN)s1.